The number of anilines is 1. The molecule has 1 aliphatic carbocycles. The summed E-state index contributed by atoms with van der Waals surface area (Å²) >= 11 is 0. The van der Waals surface area contributed by atoms with Crippen molar-refractivity contribution >= 4 is 21.7 Å². The van der Waals surface area contributed by atoms with E-state index < -0.39 is 10.0 Å². The summed E-state index contributed by atoms with van der Waals surface area (Å²) in [5, 5.41) is 2.96. The molecule has 1 saturated heterocycles. The number of fused-ring (bicyclic) bond motifs is 2. The highest BCUT2D eigenvalue weighted by molar-refractivity contribution is 7.89. The molecule has 154 valence electrons. The molecule has 2 N–H and O–H groups in total. The average Bonchev–Trinajstić information content (AvgIpc) is 3.30. The van der Waals surface area contributed by atoms with Crippen molar-refractivity contribution in [3.05, 3.63) is 54.1 Å². The van der Waals surface area contributed by atoms with Crippen molar-refractivity contribution in [3.63, 3.8) is 0 Å². The number of urea groups is 1. The highest BCUT2D eigenvalue weighted by Crippen LogP contribution is 2.39. The Kier molecular flexibility index (Phi) is 5.23. The molecule has 8 heteroatoms. The first-order valence-electron chi connectivity index (χ1n) is 9.67. The molecule has 2 bridgehead atoms. The van der Waals surface area contributed by atoms with Crippen molar-refractivity contribution in [2.75, 3.05) is 19.0 Å². The molecule has 7 nitrogen and oxygen atoms in total. The van der Waals surface area contributed by atoms with Gasteiger partial charge in [0.1, 0.15) is 5.75 Å². The van der Waals surface area contributed by atoms with Crippen LogP contribution in [0.2, 0.25) is 0 Å². The molecule has 1 aliphatic heterocycles. The van der Waals surface area contributed by atoms with Gasteiger partial charge in [-0.1, -0.05) is 18.2 Å². The van der Waals surface area contributed by atoms with E-state index in [2.05, 4.69) is 10.0 Å². The molecule has 2 aliphatic rings. The molecule has 2 amide bonds. The van der Waals surface area contributed by atoms with Crippen LogP contribution in [0.5, 0.6) is 5.75 Å². The maximum atomic E-state index is 12.9. The van der Waals surface area contributed by atoms with Gasteiger partial charge in [0.15, 0.2) is 0 Å². The largest absolute Gasteiger partial charge is 0.497 e. The number of nitrogens with zero attached hydrogens (tertiary/aromatic N) is 1. The lowest BCUT2D eigenvalue weighted by molar-refractivity contribution is 0.183. The van der Waals surface area contributed by atoms with E-state index in [4.69, 9.17) is 4.74 Å². The van der Waals surface area contributed by atoms with Gasteiger partial charge in [-0.25, -0.2) is 17.9 Å². The van der Waals surface area contributed by atoms with Crippen molar-refractivity contribution in [2.45, 2.75) is 36.7 Å². The maximum absolute atomic E-state index is 12.9. The fraction of sp³-hybridized carbons (Fsp3) is 0.381. The van der Waals surface area contributed by atoms with Gasteiger partial charge >= 0.3 is 6.03 Å². The number of hydrogen-bond donors (Lipinski definition) is 2. The van der Waals surface area contributed by atoms with Crippen LogP contribution in [0.4, 0.5) is 10.5 Å². The first kappa shape index (κ1) is 19.7. The topological polar surface area (TPSA) is 87.7 Å². The van der Waals surface area contributed by atoms with Crippen molar-refractivity contribution < 1.29 is 17.9 Å². The minimum Gasteiger partial charge on any atom is -0.497 e. The lowest BCUT2D eigenvalue weighted by atomic mass is 10.1. The van der Waals surface area contributed by atoms with Crippen LogP contribution >= 0.6 is 0 Å². The number of benzene rings is 2. The third-order valence-electron chi connectivity index (χ3n) is 5.78. The van der Waals surface area contributed by atoms with Crippen LogP contribution in [0.1, 0.15) is 18.4 Å². The predicted molar refractivity (Wildman–Crippen MR) is 111 cm³/mol. The smallest absolute Gasteiger partial charge is 0.322 e. The standard InChI is InChI=1S/C21H25N3O4S/c1-14-10-16(28-2)8-9-18(14)22-21(25)24-13-15-11-19(20(24)12-15)23-29(26,27)17-6-4-3-5-7-17/h3-10,15,19-20,23H,11-13H2,1-2H3,(H,22,25). The molecular formula is C21H25N3O4S. The number of carbonyl (C=O) groups is 1. The Balaban J connectivity index is 1.46. The summed E-state index contributed by atoms with van der Waals surface area (Å²) in [5.41, 5.74) is 1.63. The number of amides is 2. The number of nitrogens with one attached hydrogen (secondary N) is 2. The SMILES string of the molecule is COc1ccc(NC(=O)N2CC3CC(NS(=O)(=O)c4ccccc4)C2C3)c(C)c1. The summed E-state index contributed by atoms with van der Waals surface area (Å²) in [6.45, 7) is 2.56. The van der Waals surface area contributed by atoms with E-state index >= 15 is 0 Å². The second-order valence-electron chi connectivity index (χ2n) is 7.71. The minimum atomic E-state index is -3.61. The Morgan fingerprint density at radius 1 is 1.14 bits per heavy atom. The van der Waals surface area contributed by atoms with Gasteiger partial charge in [0.25, 0.3) is 0 Å². The molecule has 2 fully saturated rings. The summed E-state index contributed by atoms with van der Waals surface area (Å²) in [4.78, 5) is 14.9. The molecule has 1 heterocycles. The fourth-order valence-electron chi connectivity index (χ4n) is 4.34. The van der Waals surface area contributed by atoms with Crippen LogP contribution in [0.15, 0.2) is 53.4 Å². The van der Waals surface area contributed by atoms with Crippen LogP contribution in [0.25, 0.3) is 0 Å². The zero-order valence-electron chi connectivity index (χ0n) is 16.5. The number of aryl methyl sites for hydroxylation is 1. The first-order chi connectivity index (χ1) is 13.9. The molecule has 0 spiro atoms. The Labute approximate surface area is 171 Å². The molecule has 3 atom stereocenters. The number of sulfonamides is 1. The number of piperidine rings is 1. The van der Waals surface area contributed by atoms with Gasteiger partial charge in [0, 0.05) is 18.3 Å². The second kappa shape index (κ2) is 7.68. The average molecular weight is 416 g/mol. The fourth-order valence-corrected chi connectivity index (χ4v) is 5.65. The summed E-state index contributed by atoms with van der Waals surface area (Å²) in [7, 11) is -2.01. The lowest BCUT2D eigenvalue weighted by Crippen LogP contribution is -2.52. The summed E-state index contributed by atoms with van der Waals surface area (Å²) in [5.74, 6) is 1.04. The molecule has 1 saturated carbocycles. The summed E-state index contributed by atoms with van der Waals surface area (Å²) in [6.07, 6.45) is 1.57. The summed E-state index contributed by atoms with van der Waals surface area (Å²) < 4.78 is 33.4. The third-order valence-corrected chi connectivity index (χ3v) is 7.28. The Hall–Kier alpha value is -2.58. The zero-order chi connectivity index (χ0) is 20.6. The number of ether oxygens (including phenoxy) is 1. The molecule has 29 heavy (non-hydrogen) atoms. The van der Waals surface area contributed by atoms with Crippen LogP contribution in [0, 0.1) is 12.8 Å². The Bertz CT molecular complexity index is 1010. The van der Waals surface area contributed by atoms with E-state index in [9.17, 15) is 13.2 Å². The van der Waals surface area contributed by atoms with Gasteiger partial charge in [-0.15, -0.1) is 0 Å². The lowest BCUT2D eigenvalue weighted by Gasteiger charge is -2.33. The molecule has 4 rings (SSSR count). The summed E-state index contributed by atoms with van der Waals surface area (Å²) in [6, 6.07) is 13.2. The van der Waals surface area contributed by atoms with E-state index in [1.54, 1.807) is 48.4 Å². The number of carbonyl (C=O) groups excluding carboxylic acids is 1. The van der Waals surface area contributed by atoms with E-state index in [0.29, 0.717) is 12.5 Å². The normalized spacial score (nSPS) is 23.2. The Morgan fingerprint density at radius 3 is 2.55 bits per heavy atom. The van der Waals surface area contributed by atoms with Crippen LogP contribution in [-0.4, -0.2) is 45.1 Å². The molecule has 2 aromatic carbocycles. The molecule has 0 radical (unpaired) electrons. The number of likely N-dealkylation sites (tertiary alicyclic amines) is 1. The zero-order valence-corrected chi connectivity index (χ0v) is 17.3. The van der Waals surface area contributed by atoms with Gasteiger partial charge in [0.05, 0.1) is 18.0 Å². The number of methoxy groups -OCH3 is 1. The first-order valence-corrected chi connectivity index (χ1v) is 11.2. The molecule has 3 unspecified atom stereocenters. The van der Waals surface area contributed by atoms with Crippen molar-refractivity contribution in [1.29, 1.82) is 0 Å². The van der Waals surface area contributed by atoms with Crippen molar-refractivity contribution in [1.82, 2.24) is 9.62 Å². The second-order valence-corrected chi connectivity index (χ2v) is 9.42. The van der Waals surface area contributed by atoms with Gasteiger partial charge < -0.3 is 15.0 Å². The third kappa shape index (κ3) is 3.95. The quantitative estimate of drug-likeness (QED) is 0.786. The van der Waals surface area contributed by atoms with Crippen LogP contribution in [-0.2, 0) is 10.0 Å². The molecular weight excluding hydrogens is 390 g/mol. The number of hydrogen-bond acceptors (Lipinski definition) is 4. The van der Waals surface area contributed by atoms with E-state index in [1.807, 2.05) is 19.1 Å². The molecule has 0 aromatic heterocycles. The van der Waals surface area contributed by atoms with E-state index in [0.717, 1.165) is 29.8 Å². The maximum Gasteiger partial charge on any atom is 0.322 e. The Morgan fingerprint density at radius 2 is 1.90 bits per heavy atom. The van der Waals surface area contributed by atoms with Crippen molar-refractivity contribution in [3.8, 4) is 5.75 Å². The predicted octanol–water partition coefficient (Wildman–Crippen LogP) is 2.98. The van der Waals surface area contributed by atoms with Gasteiger partial charge in [0.2, 0.25) is 10.0 Å². The van der Waals surface area contributed by atoms with Gasteiger partial charge in [-0.2, -0.15) is 0 Å². The molecule has 2 aromatic rings. The monoisotopic (exact) mass is 415 g/mol. The van der Waals surface area contributed by atoms with Crippen LogP contribution in [0.3, 0.4) is 0 Å². The van der Waals surface area contributed by atoms with Crippen molar-refractivity contribution in [2.24, 2.45) is 5.92 Å². The van der Waals surface area contributed by atoms with E-state index in [-0.39, 0.29) is 23.0 Å². The minimum absolute atomic E-state index is 0.142. The van der Waals surface area contributed by atoms with Gasteiger partial charge in [-0.05, 0) is 61.6 Å². The number of rotatable bonds is 5. The highest BCUT2D eigenvalue weighted by Gasteiger charge is 2.48. The van der Waals surface area contributed by atoms with E-state index in [1.165, 1.54) is 0 Å². The highest BCUT2D eigenvalue weighted by atomic mass is 32.2. The van der Waals surface area contributed by atoms with Gasteiger partial charge in [-0.3, -0.25) is 0 Å². The van der Waals surface area contributed by atoms with Crippen LogP contribution < -0.4 is 14.8 Å².